The molecule has 0 saturated heterocycles. The first-order chi connectivity index (χ1) is 3.18. The van der Waals surface area contributed by atoms with Gasteiger partial charge in [-0.2, -0.15) is 0 Å². The number of carbonyl (C=O) groups excluding carboxylic acids is 1. The Kier molecular flexibility index (Phi) is 2.05. The summed E-state index contributed by atoms with van der Waals surface area (Å²) in [4.78, 5) is 9.73. The molecule has 0 aliphatic rings. The Balaban J connectivity index is 3.82. The fourth-order valence-electron chi connectivity index (χ4n) is 0.0830. The van der Waals surface area contributed by atoms with Crippen molar-refractivity contribution in [1.29, 1.82) is 0 Å². The van der Waals surface area contributed by atoms with Gasteiger partial charge < -0.3 is 5.11 Å². The van der Waals surface area contributed by atoms with Crippen LogP contribution in [0.4, 0.5) is 4.39 Å². The van der Waals surface area contributed by atoms with Gasteiger partial charge in [0.05, 0.1) is 0 Å². The Labute approximate surface area is 40.3 Å². The molecule has 7 heavy (non-hydrogen) atoms. The lowest BCUT2D eigenvalue weighted by Crippen LogP contribution is -1.96. The highest BCUT2D eigenvalue weighted by Crippen LogP contribution is 1.91. The van der Waals surface area contributed by atoms with Crippen LogP contribution in [0.5, 0.6) is 0 Å². The van der Waals surface area contributed by atoms with E-state index in [0.29, 0.717) is 0 Å². The summed E-state index contributed by atoms with van der Waals surface area (Å²) >= 11 is 0. The molecular formula is C4H4FO2-. The number of ketones is 1. The van der Waals surface area contributed by atoms with Gasteiger partial charge in [0, 0.05) is 6.92 Å². The van der Waals surface area contributed by atoms with E-state index >= 15 is 0 Å². The van der Waals surface area contributed by atoms with Gasteiger partial charge in [-0.25, -0.2) is 4.39 Å². The van der Waals surface area contributed by atoms with E-state index in [1.807, 2.05) is 0 Å². The smallest absolute Gasteiger partial charge is 0.186 e. The van der Waals surface area contributed by atoms with Crippen molar-refractivity contribution in [3.63, 3.8) is 0 Å². The maximum atomic E-state index is 11.5. The summed E-state index contributed by atoms with van der Waals surface area (Å²) in [6.45, 7) is 0.990. The van der Waals surface area contributed by atoms with Gasteiger partial charge in [-0.1, -0.05) is 0 Å². The van der Waals surface area contributed by atoms with Crippen molar-refractivity contribution in [3.05, 3.63) is 12.1 Å². The number of Topliss-reactive ketones (excluding diaryl/α,β-unsaturated/α-hetero) is 1. The van der Waals surface area contributed by atoms with E-state index in [9.17, 15) is 14.3 Å². The third-order valence-corrected chi connectivity index (χ3v) is 0.440. The Hall–Kier alpha value is -0.860. The Morgan fingerprint density at radius 3 is 2.29 bits per heavy atom. The molecule has 0 aliphatic carbocycles. The summed E-state index contributed by atoms with van der Waals surface area (Å²) in [6.07, 6.45) is -0.109. The summed E-state index contributed by atoms with van der Waals surface area (Å²) in [7, 11) is 0. The Bertz CT molecular complexity index is 106. The van der Waals surface area contributed by atoms with Crippen molar-refractivity contribution in [1.82, 2.24) is 0 Å². The molecule has 40 valence electrons. The molecule has 0 N–H and O–H groups in total. The van der Waals surface area contributed by atoms with E-state index in [1.165, 1.54) is 0 Å². The van der Waals surface area contributed by atoms with Crippen LogP contribution < -0.4 is 5.11 Å². The van der Waals surface area contributed by atoms with E-state index < -0.39 is 11.6 Å². The van der Waals surface area contributed by atoms with Crippen LogP contribution in [-0.4, -0.2) is 5.78 Å². The first-order valence-corrected chi connectivity index (χ1v) is 1.67. The number of allylic oxidation sites excluding steroid dienone is 1. The summed E-state index contributed by atoms with van der Waals surface area (Å²) in [5.74, 6) is -2.05. The zero-order valence-corrected chi connectivity index (χ0v) is 3.77. The zero-order chi connectivity index (χ0) is 5.86. The normalized spacial score (nSPS) is 11.4. The minimum Gasteiger partial charge on any atom is -0.876 e. The molecule has 0 spiro atoms. The fraction of sp³-hybridized carbons (Fsp3) is 0.250. The highest BCUT2D eigenvalue weighted by Gasteiger charge is 1.93. The molecule has 0 radical (unpaired) electrons. The maximum Gasteiger partial charge on any atom is 0.186 e. The molecule has 0 aliphatic heterocycles. The van der Waals surface area contributed by atoms with Crippen LogP contribution in [0.2, 0.25) is 0 Å². The van der Waals surface area contributed by atoms with E-state index in [2.05, 4.69) is 0 Å². The van der Waals surface area contributed by atoms with Gasteiger partial charge in [0.15, 0.2) is 11.6 Å². The van der Waals surface area contributed by atoms with Crippen LogP contribution in [0.1, 0.15) is 6.92 Å². The number of carbonyl (C=O) groups is 1. The van der Waals surface area contributed by atoms with Crippen molar-refractivity contribution >= 4 is 5.78 Å². The van der Waals surface area contributed by atoms with Gasteiger partial charge >= 0.3 is 0 Å². The quantitative estimate of drug-likeness (QED) is 0.339. The fourth-order valence-corrected chi connectivity index (χ4v) is 0.0830. The SMILES string of the molecule is CC(=O)/C(F)=C\[O-]. The minimum atomic E-state index is -1.22. The van der Waals surface area contributed by atoms with Crippen LogP contribution in [0, 0.1) is 0 Å². The number of hydrogen-bond acceptors (Lipinski definition) is 2. The third-order valence-electron chi connectivity index (χ3n) is 0.440. The molecule has 0 aromatic carbocycles. The van der Waals surface area contributed by atoms with Crippen LogP contribution in [0.15, 0.2) is 12.1 Å². The van der Waals surface area contributed by atoms with Gasteiger partial charge in [0.2, 0.25) is 0 Å². The average Bonchev–Trinajstić information content (AvgIpc) is 1.65. The molecule has 0 aromatic rings. The lowest BCUT2D eigenvalue weighted by molar-refractivity contribution is -0.277. The number of hydrogen-bond donors (Lipinski definition) is 0. The van der Waals surface area contributed by atoms with Crippen LogP contribution in [0.3, 0.4) is 0 Å². The lowest BCUT2D eigenvalue weighted by atomic mass is 10.4. The van der Waals surface area contributed by atoms with Gasteiger partial charge in [0.25, 0.3) is 0 Å². The highest BCUT2D eigenvalue weighted by molar-refractivity contribution is 5.90. The predicted octanol–water partition coefficient (Wildman–Crippen LogP) is -0.253. The number of halogens is 1. The molecule has 0 amide bonds. The highest BCUT2D eigenvalue weighted by atomic mass is 19.1. The van der Waals surface area contributed by atoms with Gasteiger partial charge in [-0.15, -0.1) is 6.26 Å². The van der Waals surface area contributed by atoms with Crippen molar-refractivity contribution in [3.8, 4) is 0 Å². The molecule has 0 fully saturated rings. The second-order valence-electron chi connectivity index (χ2n) is 1.02. The Morgan fingerprint density at radius 2 is 2.29 bits per heavy atom. The number of rotatable bonds is 1. The molecular weight excluding hydrogens is 99.0 g/mol. The van der Waals surface area contributed by atoms with E-state index in [-0.39, 0.29) is 6.26 Å². The van der Waals surface area contributed by atoms with Crippen molar-refractivity contribution < 1.29 is 14.3 Å². The molecule has 0 rings (SSSR count). The minimum absolute atomic E-state index is 0.109. The van der Waals surface area contributed by atoms with Crippen LogP contribution in [-0.2, 0) is 4.79 Å². The second-order valence-corrected chi connectivity index (χ2v) is 1.02. The molecule has 3 heteroatoms. The summed E-state index contributed by atoms with van der Waals surface area (Å²) in [5.41, 5.74) is 0. The van der Waals surface area contributed by atoms with E-state index in [4.69, 9.17) is 0 Å². The van der Waals surface area contributed by atoms with Crippen molar-refractivity contribution in [2.45, 2.75) is 6.92 Å². The van der Waals surface area contributed by atoms with Crippen LogP contribution >= 0.6 is 0 Å². The summed E-state index contributed by atoms with van der Waals surface area (Å²) in [6, 6.07) is 0. The standard InChI is InChI=1S/C4H5FO2/c1-3(7)4(5)2-6/h2,6H,1H3/p-1/b4-2+. The molecule has 0 unspecified atom stereocenters. The van der Waals surface area contributed by atoms with E-state index in [1.54, 1.807) is 0 Å². The van der Waals surface area contributed by atoms with Crippen LogP contribution in [0.25, 0.3) is 0 Å². The first-order valence-electron chi connectivity index (χ1n) is 1.67. The Morgan fingerprint density at radius 1 is 1.86 bits per heavy atom. The molecule has 0 aromatic heterocycles. The molecule has 0 atom stereocenters. The van der Waals surface area contributed by atoms with Crippen molar-refractivity contribution in [2.24, 2.45) is 0 Å². The molecule has 0 saturated carbocycles. The zero-order valence-electron chi connectivity index (χ0n) is 3.77. The maximum absolute atomic E-state index is 11.5. The van der Waals surface area contributed by atoms with Gasteiger partial charge in [0.1, 0.15) is 0 Å². The molecule has 0 bridgehead atoms. The summed E-state index contributed by atoms with van der Waals surface area (Å²) in [5, 5.41) is 9.31. The topological polar surface area (TPSA) is 40.1 Å². The molecule has 2 nitrogen and oxygen atoms in total. The molecule has 0 heterocycles. The predicted molar refractivity (Wildman–Crippen MR) is 19.9 cm³/mol. The summed E-state index contributed by atoms with van der Waals surface area (Å²) < 4.78 is 11.5. The average molecular weight is 103 g/mol. The monoisotopic (exact) mass is 103 g/mol. The first kappa shape index (κ1) is 6.14. The second kappa shape index (κ2) is 2.34. The van der Waals surface area contributed by atoms with Gasteiger partial charge in [-0.05, 0) is 0 Å². The largest absolute Gasteiger partial charge is 0.876 e. The lowest BCUT2D eigenvalue weighted by Gasteiger charge is -1.89. The third kappa shape index (κ3) is 1.92. The van der Waals surface area contributed by atoms with Gasteiger partial charge in [-0.3, -0.25) is 4.79 Å². The van der Waals surface area contributed by atoms with Crippen molar-refractivity contribution in [2.75, 3.05) is 0 Å². The van der Waals surface area contributed by atoms with E-state index in [0.717, 1.165) is 6.92 Å².